The third kappa shape index (κ3) is 13.1. The fraction of sp³-hybridized carbons (Fsp3) is 0.476. The van der Waals surface area contributed by atoms with Crippen LogP contribution in [-0.2, 0) is 39.1 Å². The van der Waals surface area contributed by atoms with Gasteiger partial charge >= 0.3 is 11.9 Å². The van der Waals surface area contributed by atoms with Gasteiger partial charge in [-0.2, -0.15) is 31.1 Å². The van der Waals surface area contributed by atoms with E-state index >= 15 is 0 Å². The van der Waals surface area contributed by atoms with Crippen LogP contribution in [0.15, 0.2) is 93.0 Å². The monoisotopic (exact) mass is 1320 g/mol. The highest BCUT2D eigenvalue weighted by molar-refractivity contribution is 5.92. The zero-order valence-electron chi connectivity index (χ0n) is 51.2. The number of fused-ring (bicyclic) bond motifs is 3. The second kappa shape index (κ2) is 28.6. The molecule has 15 atom stereocenters. The molecule has 11 heterocycles. The number of aromatic amines is 3. The summed E-state index contributed by atoms with van der Waals surface area (Å²) in [6.07, 6.45) is 10.2. The van der Waals surface area contributed by atoms with Crippen LogP contribution in [0.25, 0.3) is 66.9 Å². The number of nitrogens with zero attached hydrogens (tertiary/aromatic N) is 15. The van der Waals surface area contributed by atoms with Crippen LogP contribution in [0.4, 0.5) is 0 Å². The number of aliphatic hydroxyl groups excluding tert-OH is 6. The lowest BCUT2D eigenvalue weighted by atomic mass is 9.90. The number of ether oxygens (including phenoxy) is 4. The highest BCUT2D eigenvalue weighted by atomic mass is 16.7. The second-order valence-electron chi connectivity index (χ2n) is 24.3. The SMILES string of the molecule is N#CC(OC1OC(C(=O)O)C(O)C(O)C1O)C(C1CCCC1)n1cc(-c2ncnc3[nH]ccc23)cn1.N#CCC(C1CCCC1=O)n1cc(-c2ncnc3[nH]ccc23)cn1.N#CCC(OC1OC(C(=O)O)C(O)C(O)C1O)(C1CCCC1)n1cc(-c2ncnc3[nH]ccc23)cn1. The quantitative estimate of drug-likeness (QED) is 0.0585. The number of carbonyl (C=O) groups is 3. The predicted octanol–water partition coefficient (Wildman–Crippen LogP) is 3.49. The van der Waals surface area contributed by atoms with E-state index in [4.69, 9.17) is 24.2 Å². The average molecular weight is 1320 g/mol. The highest BCUT2D eigenvalue weighted by Gasteiger charge is 2.54. The molecule has 0 bridgehead atoms. The van der Waals surface area contributed by atoms with E-state index in [1.165, 1.54) is 23.7 Å². The molecule has 5 fully saturated rings. The predicted molar refractivity (Wildman–Crippen MR) is 328 cm³/mol. The second-order valence-corrected chi connectivity index (χ2v) is 24.3. The molecule has 3 saturated carbocycles. The van der Waals surface area contributed by atoms with Crippen LogP contribution in [0.3, 0.4) is 0 Å². The summed E-state index contributed by atoms with van der Waals surface area (Å²) in [6.45, 7) is 0. The van der Waals surface area contributed by atoms with Gasteiger partial charge in [0.25, 0.3) is 0 Å². The number of nitriles is 3. The minimum absolute atomic E-state index is 0.0200. The maximum absolute atomic E-state index is 12.1. The Morgan fingerprint density at radius 2 is 1.09 bits per heavy atom. The molecule has 15 unspecified atom stereocenters. The third-order valence-electron chi connectivity index (χ3n) is 18.7. The summed E-state index contributed by atoms with van der Waals surface area (Å²) in [4.78, 5) is 70.0. The number of aliphatic carboxylic acids is 2. The normalized spacial score (nSPS) is 26.2. The van der Waals surface area contributed by atoms with Gasteiger partial charge in [0.05, 0.1) is 78.8 Å². The summed E-state index contributed by atoms with van der Waals surface area (Å²) in [5, 5.41) is 125. The molecule has 33 heteroatoms. The fourth-order valence-electron chi connectivity index (χ4n) is 13.8. The van der Waals surface area contributed by atoms with Crippen LogP contribution in [0.1, 0.15) is 95.6 Å². The zero-order chi connectivity index (χ0) is 67.4. The number of carboxylic acids is 2. The van der Waals surface area contributed by atoms with E-state index in [0.29, 0.717) is 53.1 Å². The number of aliphatic hydroxyl groups is 6. The van der Waals surface area contributed by atoms with Crippen molar-refractivity contribution in [2.75, 3.05) is 0 Å². The Morgan fingerprint density at radius 1 is 0.604 bits per heavy atom. The minimum Gasteiger partial charge on any atom is -0.479 e. The van der Waals surface area contributed by atoms with Gasteiger partial charge in [0.1, 0.15) is 78.3 Å². The summed E-state index contributed by atoms with van der Waals surface area (Å²) in [5.74, 6) is -3.12. The number of rotatable bonds is 18. The lowest BCUT2D eigenvalue weighted by molar-refractivity contribution is -0.344. The van der Waals surface area contributed by atoms with Crippen LogP contribution in [-0.4, -0.2) is 200 Å². The van der Waals surface area contributed by atoms with E-state index in [1.807, 2.05) is 30.6 Å². The first-order chi connectivity index (χ1) is 46.5. The number of carbonyl (C=O) groups excluding carboxylic acids is 1. The van der Waals surface area contributed by atoms with Gasteiger partial charge in [0, 0.05) is 88.3 Å². The van der Waals surface area contributed by atoms with Crippen LogP contribution in [0.2, 0.25) is 0 Å². The number of hydrogen-bond acceptors (Lipinski definition) is 25. The summed E-state index contributed by atoms with van der Waals surface area (Å²) in [5.41, 5.74) is 4.93. The Balaban J connectivity index is 0.000000141. The molecule has 0 aromatic carbocycles. The Kier molecular flexibility index (Phi) is 19.7. The van der Waals surface area contributed by atoms with Crippen molar-refractivity contribution in [1.29, 1.82) is 15.8 Å². The van der Waals surface area contributed by atoms with Crippen molar-refractivity contribution >= 4 is 50.8 Å². The molecule has 5 aliphatic rings. The van der Waals surface area contributed by atoms with Gasteiger partial charge in [-0.15, -0.1) is 0 Å². The first kappa shape index (κ1) is 66.2. The van der Waals surface area contributed by atoms with Gasteiger partial charge in [0.2, 0.25) is 0 Å². The Hall–Kier alpha value is -9.83. The largest absolute Gasteiger partial charge is 0.479 e. The van der Waals surface area contributed by atoms with Gasteiger partial charge < -0.3 is 74.8 Å². The maximum Gasteiger partial charge on any atom is 0.335 e. The molecule has 14 rings (SSSR count). The highest BCUT2D eigenvalue weighted by Crippen LogP contribution is 2.45. The number of hydrogen-bond donors (Lipinski definition) is 11. The van der Waals surface area contributed by atoms with E-state index in [0.717, 1.165) is 84.4 Å². The standard InChI is InChI=1S/2C23H26N6O7.C17H16N6O/c24-7-6-23(13-3-1-2-4-13,36-22-18(32)16(30)17(31)19(35-22)21(33)34)29-10-12(9-28-29)15-14-5-8-25-20(14)27-11-26-15;24-7-14(35-23-19(32)17(30)18(31)20(36-23)22(33)34)16(11-3-1-2-4-11)29-9-12(8-28-29)15-13-5-6-25-21(13)27-10-26-15;18-6-4-14(12-2-1-3-15(12)24)23-9-11(8-22-23)16-13-5-7-19-17(13)21-10-20-16/h5,8-11,13,16-19,22,30-32H,1-4,6H2,(H,33,34)(H,25,26,27);5-6,8-11,14,16-20,23,30-32H,1-4H2,(H,33,34)(H,25,26,27);5,7-10,12,14H,1-4H2,(H,19,20,21). The molecular weight excluding hydrogens is 1250 g/mol. The Labute approximate surface area is 544 Å². The molecule has 2 saturated heterocycles. The van der Waals surface area contributed by atoms with Crippen molar-refractivity contribution in [3.05, 3.63) is 93.0 Å². The molecule has 11 N–H and O–H groups in total. The molecular formula is C63H68N18O15. The number of ketones is 1. The molecule has 9 aromatic rings. The van der Waals surface area contributed by atoms with Crippen LogP contribution >= 0.6 is 0 Å². The number of carboxylic acid groups (broad SMARTS) is 2. The van der Waals surface area contributed by atoms with Gasteiger partial charge in [-0.25, -0.2) is 44.2 Å². The average Bonchev–Trinajstić information content (AvgIpc) is 1.43. The third-order valence-corrected chi connectivity index (χ3v) is 18.7. The molecule has 96 heavy (non-hydrogen) atoms. The van der Waals surface area contributed by atoms with E-state index < -0.39 is 91.2 Å². The van der Waals surface area contributed by atoms with Gasteiger partial charge in [-0.05, 0) is 62.6 Å². The lowest BCUT2D eigenvalue weighted by Gasteiger charge is -2.45. The number of Topliss-reactive ketones (excluding diaryl/α,β-unsaturated/α-hetero) is 1. The fourth-order valence-corrected chi connectivity index (χ4v) is 13.8. The minimum atomic E-state index is -1.85. The molecule has 9 aromatic heterocycles. The van der Waals surface area contributed by atoms with Crippen molar-refractivity contribution in [3.8, 4) is 52.0 Å². The number of nitrogens with one attached hydrogen (secondary N) is 3. The molecule has 33 nitrogen and oxygen atoms in total. The molecule has 0 amide bonds. The van der Waals surface area contributed by atoms with Crippen LogP contribution in [0, 0.1) is 51.7 Å². The number of aromatic nitrogens is 15. The summed E-state index contributed by atoms with van der Waals surface area (Å²) < 4.78 is 27.6. The van der Waals surface area contributed by atoms with Crippen LogP contribution < -0.4 is 0 Å². The molecule has 0 radical (unpaired) electrons. The van der Waals surface area contributed by atoms with Crippen molar-refractivity contribution in [1.82, 2.24) is 74.2 Å². The van der Waals surface area contributed by atoms with Gasteiger partial charge in [-0.3, -0.25) is 14.2 Å². The van der Waals surface area contributed by atoms with Crippen molar-refractivity contribution in [3.63, 3.8) is 0 Å². The zero-order valence-corrected chi connectivity index (χ0v) is 51.2. The number of H-pyrrole nitrogens is 3. The van der Waals surface area contributed by atoms with E-state index in [9.17, 15) is 65.8 Å². The topological polar surface area (TPSA) is 500 Å². The van der Waals surface area contributed by atoms with Crippen molar-refractivity contribution in [2.45, 2.75) is 169 Å². The van der Waals surface area contributed by atoms with E-state index in [1.54, 1.807) is 52.7 Å². The first-order valence-electron chi connectivity index (χ1n) is 31.4. The summed E-state index contributed by atoms with van der Waals surface area (Å²) >= 11 is 0. The summed E-state index contributed by atoms with van der Waals surface area (Å²) in [7, 11) is 0. The van der Waals surface area contributed by atoms with Gasteiger partial charge in [-0.1, -0.05) is 25.7 Å². The van der Waals surface area contributed by atoms with Crippen LogP contribution in [0.5, 0.6) is 0 Å². The van der Waals surface area contributed by atoms with Crippen molar-refractivity contribution < 1.29 is 74.2 Å². The smallest absolute Gasteiger partial charge is 0.335 e. The Bertz CT molecular complexity index is 4340. The molecule has 3 aliphatic carbocycles. The first-order valence-corrected chi connectivity index (χ1v) is 31.4. The molecule has 500 valence electrons. The Morgan fingerprint density at radius 3 is 1.59 bits per heavy atom. The molecule has 2 aliphatic heterocycles. The summed E-state index contributed by atoms with van der Waals surface area (Å²) in [6, 6.07) is 11.3. The lowest BCUT2D eigenvalue weighted by Crippen LogP contribution is -2.62. The molecule has 0 spiro atoms. The van der Waals surface area contributed by atoms with Gasteiger partial charge in [0.15, 0.2) is 36.6 Å². The van der Waals surface area contributed by atoms with Crippen molar-refractivity contribution in [2.24, 2.45) is 17.8 Å². The maximum atomic E-state index is 12.1. The van der Waals surface area contributed by atoms with E-state index in [2.05, 4.69) is 78.4 Å². The van der Waals surface area contributed by atoms with E-state index in [-0.39, 0.29) is 42.4 Å².